The maximum atomic E-state index is 13.2. The number of carbonyl (C=O) groups is 3. The molecule has 1 heterocycles. The van der Waals surface area contributed by atoms with E-state index < -0.39 is 11.9 Å². The number of aliphatic carboxylic acids is 2. The molecular weight excluding hydrogens is 538 g/mol. The normalized spacial score (nSPS) is 14.0. The minimum absolute atomic E-state index is 0.0996. The summed E-state index contributed by atoms with van der Waals surface area (Å²) < 4.78 is 5.93. The van der Waals surface area contributed by atoms with Crippen LogP contribution in [0.4, 0.5) is 0 Å². The predicted octanol–water partition coefficient (Wildman–Crippen LogP) is 5.15. The Labute approximate surface area is 249 Å². The Morgan fingerprint density at radius 3 is 2.19 bits per heavy atom. The average molecular weight is 588 g/mol. The van der Waals surface area contributed by atoms with Gasteiger partial charge in [-0.2, -0.15) is 0 Å². The van der Waals surface area contributed by atoms with Gasteiger partial charge in [-0.3, -0.25) is 9.59 Å². The lowest BCUT2D eigenvalue weighted by Crippen LogP contribution is -2.38. The molecule has 3 N–H and O–H groups in total. The number of carboxylic acid groups (broad SMARTS) is 2. The number of rotatable bonds is 14. The molecule has 2 aromatic rings. The number of hydrogen-bond acceptors (Lipinski definition) is 6. The molecule has 0 unspecified atom stereocenters. The summed E-state index contributed by atoms with van der Waals surface area (Å²) in [7, 11) is 0. The number of aromatic amines is 1. The topological polar surface area (TPSA) is 140 Å². The number of fused-ring (bicyclic) bond motifs is 1. The Morgan fingerprint density at radius 2 is 1.55 bits per heavy atom. The zero-order valence-electron chi connectivity index (χ0n) is 25.3. The Morgan fingerprint density at radius 1 is 0.881 bits per heavy atom. The monoisotopic (exact) mass is 587 g/mol. The van der Waals surface area contributed by atoms with E-state index in [1.54, 1.807) is 0 Å². The van der Waals surface area contributed by atoms with Gasteiger partial charge in [0.2, 0.25) is 11.5 Å². The molecule has 1 saturated carbocycles. The molecule has 0 atom stereocenters. The van der Waals surface area contributed by atoms with Crippen LogP contribution in [0, 0.1) is 5.92 Å². The van der Waals surface area contributed by atoms with Gasteiger partial charge in [0.25, 0.3) is 0 Å². The summed E-state index contributed by atoms with van der Waals surface area (Å²) >= 11 is 0. The second-order valence-electron chi connectivity index (χ2n) is 10.9. The highest BCUT2D eigenvalue weighted by Gasteiger charge is 2.20. The second-order valence-corrected chi connectivity index (χ2v) is 10.9. The van der Waals surface area contributed by atoms with Crippen molar-refractivity contribution < 1.29 is 29.3 Å². The largest absolute Gasteiger partial charge is 0.494 e. The standard InChI is InChI=1S/C30H47N3O3.C2H2O4/c1-3-32(4-2)20-12-21-33(24-25-13-8-6-5-7-9-14-25)30(35)15-10-11-22-36-27-17-18-28-26(23-27)16-19-29(34)31-28;3-1(4)2(5)6/h16-19,23,25H,3-15,20-22,24H2,1-2H3,(H,31,34);(H,3,4)(H,5,6). The molecule has 10 nitrogen and oxygen atoms in total. The van der Waals surface area contributed by atoms with Crippen LogP contribution >= 0.6 is 0 Å². The quantitative estimate of drug-likeness (QED) is 0.204. The van der Waals surface area contributed by atoms with Gasteiger partial charge in [0.1, 0.15) is 5.75 Å². The highest BCUT2D eigenvalue weighted by molar-refractivity contribution is 6.27. The molecule has 0 aliphatic heterocycles. The summed E-state index contributed by atoms with van der Waals surface area (Å²) in [5.41, 5.74) is 0.711. The number of aromatic nitrogens is 1. The number of unbranched alkanes of at least 4 members (excludes halogenated alkanes) is 1. The van der Waals surface area contributed by atoms with E-state index in [-0.39, 0.29) is 5.56 Å². The van der Waals surface area contributed by atoms with E-state index in [0.717, 1.165) is 68.6 Å². The van der Waals surface area contributed by atoms with Crippen LogP contribution in [-0.2, 0) is 14.4 Å². The molecule has 1 aromatic carbocycles. The summed E-state index contributed by atoms with van der Waals surface area (Å²) in [6.45, 7) is 10.0. The SMILES string of the molecule is CCN(CC)CCCN(CC1CCCCCCC1)C(=O)CCCCOc1ccc2[nH]c(=O)ccc2c1.O=C(O)C(=O)O. The van der Waals surface area contributed by atoms with Crippen molar-refractivity contribution in [3.63, 3.8) is 0 Å². The first-order valence-corrected chi connectivity index (χ1v) is 15.5. The van der Waals surface area contributed by atoms with Crippen LogP contribution in [0.3, 0.4) is 0 Å². The van der Waals surface area contributed by atoms with Gasteiger partial charge in [-0.1, -0.05) is 46.0 Å². The summed E-state index contributed by atoms with van der Waals surface area (Å²) in [5, 5.41) is 15.7. The average Bonchev–Trinajstić information content (AvgIpc) is 2.95. The smallest absolute Gasteiger partial charge is 0.414 e. The molecule has 0 radical (unpaired) electrons. The van der Waals surface area contributed by atoms with Crippen LogP contribution in [-0.4, -0.2) is 82.2 Å². The second kappa shape index (κ2) is 19.7. The first-order valence-electron chi connectivity index (χ1n) is 15.5. The third-order valence-electron chi connectivity index (χ3n) is 7.78. The van der Waals surface area contributed by atoms with E-state index in [0.29, 0.717) is 24.9 Å². The molecule has 0 bridgehead atoms. The fourth-order valence-electron chi connectivity index (χ4n) is 5.33. The number of pyridine rings is 1. The third-order valence-corrected chi connectivity index (χ3v) is 7.78. The van der Waals surface area contributed by atoms with Crippen molar-refractivity contribution >= 4 is 28.7 Å². The maximum Gasteiger partial charge on any atom is 0.414 e. The molecule has 1 aromatic heterocycles. The summed E-state index contributed by atoms with van der Waals surface area (Å²) in [6.07, 6.45) is 12.6. The maximum absolute atomic E-state index is 13.2. The van der Waals surface area contributed by atoms with Crippen LogP contribution in [0.5, 0.6) is 5.75 Å². The van der Waals surface area contributed by atoms with Gasteiger partial charge in [-0.05, 0) is 81.9 Å². The zero-order valence-corrected chi connectivity index (χ0v) is 25.3. The molecule has 0 saturated heterocycles. The van der Waals surface area contributed by atoms with Gasteiger partial charge in [0.15, 0.2) is 0 Å². The van der Waals surface area contributed by atoms with Crippen LogP contribution in [0.1, 0.15) is 84.5 Å². The van der Waals surface area contributed by atoms with Crippen molar-refractivity contribution in [3.8, 4) is 5.75 Å². The number of nitrogens with one attached hydrogen (secondary N) is 1. The molecular formula is C32H49N3O7. The lowest BCUT2D eigenvalue weighted by molar-refractivity contribution is -0.159. The molecule has 1 amide bonds. The number of carbonyl (C=O) groups excluding carboxylic acids is 1. The minimum atomic E-state index is -1.82. The van der Waals surface area contributed by atoms with E-state index in [1.165, 1.54) is 51.0 Å². The van der Waals surface area contributed by atoms with E-state index in [1.807, 2.05) is 24.3 Å². The molecule has 1 fully saturated rings. The Hall–Kier alpha value is -3.40. The molecule has 0 spiro atoms. The van der Waals surface area contributed by atoms with E-state index in [9.17, 15) is 9.59 Å². The Balaban J connectivity index is 0.000000928. The number of nitrogens with zero attached hydrogens (tertiary/aromatic N) is 2. The first kappa shape index (κ1) is 34.8. The summed E-state index contributed by atoms with van der Waals surface area (Å²) in [5.74, 6) is -1.88. The minimum Gasteiger partial charge on any atom is -0.494 e. The van der Waals surface area contributed by atoms with Crippen molar-refractivity contribution in [2.45, 2.75) is 84.5 Å². The number of carboxylic acids is 2. The molecule has 1 aliphatic rings. The molecule has 42 heavy (non-hydrogen) atoms. The number of benzene rings is 1. The number of hydrogen-bond donors (Lipinski definition) is 3. The van der Waals surface area contributed by atoms with Gasteiger partial charge in [0.05, 0.1) is 6.61 Å². The first-order chi connectivity index (χ1) is 20.2. The fourth-order valence-corrected chi connectivity index (χ4v) is 5.33. The van der Waals surface area contributed by atoms with Gasteiger partial charge in [-0.25, -0.2) is 9.59 Å². The number of H-pyrrole nitrogens is 1. The summed E-state index contributed by atoms with van der Waals surface area (Å²) in [6, 6.07) is 9.05. The van der Waals surface area contributed by atoms with Crippen molar-refractivity contribution in [3.05, 3.63) is 40.7 Å². The van der Waals surface area contributed by atoms with E-state index in [4.69, 9.17) is 24.5 Å². The van der Waals surface area contributed by atoms with Crippen LogP contribution in [0.2, 0.25) is 0 Å². The number of amides is 1. The predicted molar refractivity (Wildman–Crippen MR) is 164 cm³/mol. The van der Waals surface area contributed by atoms with E-state index >= 15 is 0 Å². The van der Waals surface area contributed by atoms with Crippen molar-refractivity contribution in [2.75, 3.05) is 39.3 Å². The highest BCUT2D eigenvalue weighted by atomic mass is 16.5. The Kier molecular flexibility index (Phi) is 16.3. The summed E-state index contributed by atoms with van der Waals surface area (Å²) in [4.78, 5) is 50.3. The molecule has 234 valence electrons. The third kappa shape index (κ3) is 13.5. The fraction of sp³-hybridized carbons (Fsp3) is 0.625. The van der Waals surface area contributed by atoms with Gasteiger partial charge >= 0.3 is 11.9 Å². The van der Waals surface area contributed by atoms with Crippen molar-refractivity contribution in [1.29, 1.82) is 0 Å². The zero-order chi connectivity index (χ0) is 30.7. The van der Waals surface area contributed by atoms with Gasteiger partial charge in [-0.15, -0.1) is 0 Å². The van der Waals surface area contributed by atoms with Crippen LogP contribution in [0.25, 0.3) is 10.9 Å². The molecule has 10 heteroatoms. The van der Waals surface area contributed by atoms with Gasteiger partial charge in [0, 0.05) is 36.5 Å². The molecule has 3 rings (SSSR count). The van der Waals surface area contributed by atoms with Crippen LogP contribution < -0.4 is 10.3 Å². The van der Waals surface area contributed by atoms with Crippen molar-refractivity contribution in [2.24, 2.45) is 5.92 Å². The lowest BCUT2D eigenvalue weighted by Gasteiger charge is -2.30. The highest BCUT2D eigenvalue weighted by Crippen LogP contribution is 2.24. The Bertz CT molecular complexity index is 1140. The van der Waals surface area contributed by atoms with Crippen molar-refractivity contribution in [1.82, 2.24) is 14.8 Å². The number of ether oxygens (including phenoxy) is 1. The van der Waals surface area contributed by atoms with Gasteiger partial charge < -0.3 is 29.7 Å². The molecule has 1 aliphatic carbocycles. The van der Waals surface area contributed by atoms with E-state index in [2.05, 4.69) is 28.6 Å². The van der Waals surface area contributed by atoms with Crippen LogP contribution in [0.15, 0.2) is 35.1 Å². The lowest BCUT2D eigenvalue weighted by atomic mass is 9.90.